The summed E-state index contributed by atoms with van der Waals surface area (Å²) in [7, 11) is 0. The second-order valence-electron chi connectivity index (χ2n) is 5.27. The Morgan fingerprint density at radius 3 is 2.91 bits per heavy atom. The standard InChI is InChI=1S/C15H18N4O3/c20-14(21)11-4-7-19(8-5-11)13-3-6-16-15(18-13)17-10-12-2-1-9-22-12/h1-3,6,9,11H,4-5,7-8,10H2,(H,20,21)(H,16,17,18). The van der Waals surface area contributed by atoms with Gasteiger partial charge in [-0.3, -0.25) is 4.79 Å². The maximum absolute atomic E-state index is 11.0. The zero-order valence-corrected chi connectivity index (χ0v) is 12.1. The number of carboxylic acid groups (broad SMARTS) is 1. The van der Waals surface area contributed by atoms with Crippen LogP contribution in [0, 0.1) is 5.92 Å². The Bertz CT molecular complexity index is 621. The number of aliphatic carboxylic acids is 1. The Labute approximate surface area is 128 Å². The van der Waals surface area contributed by atoms with Gasteiger partial charge >= 0.3 is 5.97 Å². The number of furan rings is 1. The molecule has 2 aromatic rings. The van der Waals surface area contributed by atoms with Crippen LogP contribution in [0.15, 0.2) is 35.1 Å². The molecular weight excluding hydrogens is 284 g/mol. The van der Waals surface area contributed by atoms with E-state index in [1.165, 1.54) is 0 Å². The summed E-state index contributed by atoms with van der Waals surface area (Å²) in [5, 5.41) is 12.2. The highest BCUT2D eigenvalue weighted by Crippen LogP contribution is 2.22. The van der Waals surface area contributed by atoms with E-state index in [1.54, 1.807) is 12.5 Å². The molecule has 1 aliphatic heterocycles. The van der Waals surface area contributed by atoms with Crippen molar-refractivity contribution in [3.05, 3.63) is 36.4 Å². The van der Waals surface area contributed by atoms with E-state index in [0.29, 0.717) is 38.4 Å². The molecule has 0 bridgehead atoms. The van der Waals surface area contributed by atoms with Gasteiger partial charge in [0.1, 0.15) is 11.6 Å². The van der Waals surface area contributed by atoms with Crippen LogP contribution in [0.3, 0.4) is 0 Å². The summed E-state index contributed by atoms with van der Waals surface area (Å²) in [5.74, 6) is 1.23. The Kier molecular flexibility index (Phi) is 4.22. The predicted octanol–water partition coefficient (Wildman–Crippen LogP) is 1.98. The molecule has 1 saturated heterocycles. The van der Waals surface area contributed by atoms with Crippen LogP contribution in [0.5, 0.6) is 0 Å². The van der Waals surface area contributed by atoms with Crippen LogP contribution < -0.4 is 10.2 Å². The maximum Gasteiger partial charge on any atom is 0.306 e. The number of hydrogen-bond acceptors (Lipinski definition) is 6. The number of piperidine rings is 1. The summed E-state index contributed by atoms with van der Waals surface area (Å²) in [5.41, 5.74) is 0. The number of nitrogens with one attached hydrogen (secondary N) is 1. The molecule has 0 saturated carbocycles. The molecule has 22 heavy (non-hydrogen) atoms. The molecule has 2 aromatic heterocycles. The highest BCUT2D eigenvalue weighted by molar-refractivity contribution is 5.70. The van der Waals surface area contributed by atoms with Gasteiger partial charge in [0.15, 0.2) is 0 Å². The van der Waals surface area contributed by atoms with Crippen molar-refractivity contribution >= 4 is 17.7 Å². The van der Waals surface area contributed by atoms with Crippen LogP contribution in [0.2, 0.25) is 0 Å². The Morgan fingerprint density at radius 2 is 2.23 bits per heavy atom. The summed E-state index contributed by atoms with van der Waals surface area (Å²) in [6, 6.07) is 5.56. The van der Waals surface area contributed by atoms with Gasteiger partial charge in [0.05, 0.1) is 18.7 Å². The molecule has 0 amide bonds. The first kappa shape index (κ1) is 14.4. The molecule has 0 unspecified atom stereocenters. The SMILES string of the molecule is O=C(O)C1CCN(c2ccnc(NCc3ccco3)n2)CC1. The molecule has 0 aromatic carbocycles. The van der Waals surface area contributed by atoms with Crippen LogP contribution >= 0.6 is 0 Å². The lowest BCUT2D eigenvalue weighted by Gasteiger charge is -2.31. The topological polar surface area (TPSA) is 91.5 Å². The minimum Gasteiger partial charge on any atom is -0.481 e. The molecule has 0 atom stereocenters. The Morgan fingerprint density at radius 1 is 1.41 bits per heavy atom. The van der Waals surface area contributed by atoms with E-state index in [0.717, 1.165) is 11.6 Å². The van der Waals surface area contributed by atoms with Gasteiger partial charge in [-0.15, -0.1) is 0 Å². The van der Waals surface area contributed by atoms with Crippen LogP contribution in [0.1, 0.15) is 18.6 Å². The van der Waals surface area contributed by atoms with Gasteiger partial charge in [0.2, 0.25) is 5.95 Å². The first-order chi connectivity index (χ1) is 10.7. The lowest BCUT2D eigenvalue weighted by atomic mass is 9.97. The average molecular weight is 302 g/mol. The lowest BCUT2D eigenvalue weighted by molar-refractivity contribution is -0.142. The molecular formula is C15H18N4O3. The van der Waals surface area contributed by atoms with Crippen molar-refractivity contribution in [2.24, 2.45) is 5.92 Å². The van der Waals surface area contributed by atoms with Gasteiger partial charge in [0, 0.05) is 19.3 Å². The fraction of sp³-hybridized carbons (Fsp3) is 0.400. The zero-order valence-electron chi connectivity index (χ0n) is 12.1. The molecule has 0 aliphatic carbocycles. The van der Waals surface area contributed by atoms with Crippen molar-refractivity contribution in [3.8, 4) is 0 Å². The molecule has 7 nitrogen and oxygen atoms in total. The van der Waals surface area contributed by atoms with Crippen molar-refractivity contribution in [2.45, 2.75) is 19.4 Å². The van der Waals surface area contributed by atoms with Gasteiger partial charge in [-0.05, 0) is 31.0 Å². The van der Waals surface area contributed by atoms with Crippen molar-refractivity contribution in [3.63, 3.8) is 0 Å². The third kappa shape index (κ3) is 3.36. The first-order valence-electron chi connectivity index (χ1n) is 7.29. The summed E-state index contributed by atoms with van der Waals surface area (Å²) in [6.07, 6.45) is 4.62. The van der Waals surface area contributed by atoms with Crippen molar-refractivity contribution in [2.75, 3.05) is 23.3 Å². The van der Waals surface area contributed by atoms with E-state index in [2.05, 4.69) is 20.2 Å². The summed E-state index contributed by atoms with van der Waals surface area (Å²) < 4.78 is 5.25. The van der Waals surface area contributed by atoms with Crippen molar-refractivity contribution in [1.29, 1.82) is 0 Å². The molecule has 0 spiro atoms. The summed E-state index contributed by atoms with van der Waals surface area (Å²) in [4.78, 5) is 21.8. The highest BCUT2D eigenvalue weighted by atomic mass is 16.4. The molecule has 2 N–H and O–H groups in total. The minimum atomic E-state index is -0.705. The monoisotopic (exact) mass is 302 g/mol. The second-order valence-corrected chi connectivity index (χ2v) is 5.27. The largest absolute Gasteiger partial charge is 0.481 e. The molecule has 3 rings (SSSR count). The number of carbonyl (C=O) groups is 1. The number of hydrogen-bond donors (Lipinski definition) is 2. The van der Waals surface area contributed by atoms with E-state index in [-0.39, 0.29) is 5.92 Å². The highest BCUT2D eigenvalue weighted by Gasteiger charge is 2.25. The quantitative estimate of drug-likeness (QED) is 0.872. The number of carboxylic acids is 1. The predicted molar refractivity (Wildman–Crippen MR) is 80.6 cm³/mol. The van der Waals surface area contributed by atoms with Gasteiger partial charge in [-0.2, -0.15) is 4.98 Å². The summed E-state index contributed by atoms with van der Waals surface area (Å²) in [6.45, 7) is 1.93. The van der Waals surface area contributed by atoms with E-state index in [1.807, 2.05) is 18.2 Å². The molecule has 0 radical (unpaired) electrons. The third-order valence-corrected chi connectivity index (χ3v) is 3.81. The van der Waals surface area contributed by atoms with Crippen LogP contribution in [-0.4, -0.2) is 34.1 Å². The minimum absolute atomic E-state index is 0.241. The molecule has 1 aliphatic rings. The maximum atomic E-state index is 11.0. The first-order valence-corrected chi connectivity index (χ1v) is 7.29. The van der Waals surface area contributed by atoms with E-state index >= 15 is 0 Å². The second kappa shape index (κ2) is 6.46. The molecule has 1 fully saturated rings. The number of anilines is 2. The van der Waals surface area contributed by atoms with Gasteiger partial charge in [0.25, 0.3) is 0 Å². The average Bonchev–Trinajstić information content (AvgIpc) is 3.07. The zero-order chi connectivity index (χ0) is 15.4. The van der Waals surface area contributed by atoms with Crippen molar-refractivity contribution in [1.82, 2.24) is 9.97 Å². The Hall–Kier alpha value is -2.57. The lowest BCUT2D eigenvalue weighted by Crippen LogP contribution is -2.36. The van der Waals surface area contributed by atoms with E-state index in [9.17, 15) is 4.79 Å². The van der Waals surface area contributed by atoms with Crippen LogP contribution in [0.25, 0.3) is 0 Å². The number of aromatic nitrogens is 2. The molecule has 7 heteroatoms. The number of rotatable bonds is 5. The van der Waals surface area contributed by atoms with Crippen LogP contribution in [0.4, 0.5) is 11.8 Å². The molecule has 3 heterocycles. The fourth-order valence-corrected chi connectivity index (χ4v) is 2.55. The van der Waals surface area contributed by atoms with Gasteiger partial charge < -0.3 is 19.7 Å². The third-order valence-electron chi connectivity index (χ3n) is 3.81. The smallest absolute Gasteiger partial charge is 0.306 e. The van der Waals surface area contributed by atoms with Gasteiger partial charge in [-0.1, -0.05) is 0 Å². The summed E-state index contributed by atoms with van der Waals surface area (Å²) >= 11 is 0. The van der Waals surface area contributed by atoms with Crippen molar-refractivity contribution < 1.29 is 14.3 Å². The van der Waals surface area contributed by atoms with Crippen LogP contribution in [-0.2, 0) is 11.3 Å². The van der Waals surface area contributed by atoms with Gasteiger partial charge in [-0.25, -0.2) is 4.98 Å². The fourth-order valence-electron chi connectivity index (χ4n) is 2.55. The normalized spacial score (nSPS) is 15.7. The Balaban J connectivity index is 1.60. The van der Waals surface area contributed by atoms with E-state index < -0.39 is 5.97 Å². The number of nitrogens with zero attached hydrogens (tertiary/aromatic N) is 3. The molecule has 116 valence electrons. The van der Waals surface area contributed by atoms with E-state index in [4.69, 9.17) is 9.52 Å².